The highest BCUT2D eigenvalue weighted by molar-refractivity contribution is 5.86. The maximum atomic E-state index is 11.9. The van der Waals surface area contributed by atoms with Crippen LogP contribution < -0.4 is 0 Å². The second-order valence-corrected chi connectivity index (χ2v) is 8.27. The van der Waals surface area contributed by atoms with Gasteiger partial charge in [-0.15, -0.1) is 0 Å². The zero-order valence-corrected chi connectivity index (χ0v) is 18.4. The van der Waals surface area contributed by atoms with Crippen LogP contribution in [0.5, 0.6) is 0 Å². The molecule has 1 unspecified atom stereocenters. The van der Waals surface area contributed by atoms with Gasteiger partial charge in [-0.3, -0.25) is 0 Å². The molecule has 0 saturated heterocycles. The van der Waals surface area contributed by atoms with Crippen LogP contribution in [-0.4, -0.2) is 17.7 Å². The van der Waals surface area contributed by atoms with Crippen LogP contribution in [0, 0.1) is 17.8 Å². The van der Waals surface area contributed by atoms with Crippen molar-refractivity contribution in [1.82, 2.24) is 0 Å². The summed E-state index contributed by atoms with van der Waals surface area (Å²) >= 11 is 0. The third-order valence-electron chi connectivity index (χ3n) is 5.36. The summed E-state index contributed by atoms with van der Waals surface area (Å²) in [5.74, 6) is 0.287. The van der Waals surface area contributed by atoms with Gasteiger partial charge in [-0.25, -0.2) is 4.79 Å². The lowest BCUT2D eigenvalue weighted by molar-refractivity contribution is -0.133. The summed E-state index contributed by atoms with van der Waals surface area (Å²) in [6.45, 7) is 10.0. The molecular weight excluding hydrogens is 372 g/mol. The van der Waals surface area contributed by atoms with Gasteiger partial charge in [0.25, 0.3) is 0 Å². The van der Waals surface area contributed by atoms with Gasteiger partial charge >= 0.3 is 5.97 Å². The standard InChI is InChI=1S/C27H34O3/c1-5-16-30-26(21(4)27(28)29)25(17-20(2)3)24(18-22-12-8-6-9-13-22)19-23-14-10-7-11-15-23/h5-15,20,24-25H,1,16-19H2,2-4H3,(H,28,29)/b26-21+. The zero-order valence-electron chi connectivity index (χ0n) is 18.4. The summed E-state index contributed by atoms with van der Waals surface area (Å²) in [7, 11) is 0. The van der Waals surface area contributed by atoms with Gasteiger partial charge in [-0.05, 0) is 49.1 Å². The van der Waals surface area contributed by atoms with E-state index in [1.54, 1.807) is 13.0 Å². The lowest BCUT2D eigenvalue weighted by Crippen LogP contribution is -2.26. The smallest absolute Gasteiger partial charge is 0.334 e. The molecule has 1 atom stereocenters. The van der Waals surface area contributed by atoms with Crippen LogP contribution in [0.1, 0.15) is 38.3 Å². The number of carboxylic acid groups (broad SMARTS) is 1. The Labute approximate surface area is 181 Å². The van der Waals surface area contributed by atoms with Crippen molar-refractivity contribution in [3.05, 3.63) is 95.8 Å². The number of hydrogen-bond acceptors (Lipinski definition) is 2. The van der Waals surface area contributed by atoms with Crippen LogP contribution in [0.25, 0.3) is 0 Å². The largest absolute Gasteiger partial charge is 0.493 e. The number of aliphatic carboxylic acids is 1. The van der Waals surface area contributed by atoms with Crippen LogP contribution in [-0.2, 0) is 22.4 Å². The fraction of sp³-hybridized carbons (Fsp3) is 0.370. The fourth-order valence-electron chi connectivity index (χ4n) is 3.96. The second kappa shape index (κ2) is 12.0. The number of carboxylic acids is 1. The third kappa shape index (κ3) is 7.22. The molecule has 30 heavy (non-hydrogen) atoms. The van der Waals surface area contributed by atoms with Gasteiger partial charge in [-0.2, -0.15) is 0 Å². The number of carbonyl (C=O) groups is 1. The molecule has 0 aliphatic heterocycles. The van der Waals surface area contributed by atoms with Crippen molar-refractivity contribution in [1.29, 1.82) is 0 Å². The third-order valence-corrected chi connectivity index (χ3v) is 5.36. The highest BCUT2D eigenvalue weighted by Crippen LogP contribution is 2.35. The normalized spacial score (nSPS) is 13.1. The molecule has 0 heterocycles. The maximum absolute atomic E-state index is 11.9. The van der Waals surface area contributed by atoms with Gasteiger partial charge in [0.05, 0.1) is 5.57 Å². The van der Waals surface area contributed by atoms with E-state index in [0.29, 0.717) is 18.3 Å². The summed E-state index contributed by atoms with van der Waals surface area (Å²) in [5.41, 5.74) is 2.79. The molecule has 0 aliphatic carbocycles. The van der Waals surface area contributed by atoms with Crippen molar-refractivity contribution in [2.24, 2.45) is 17.8 Å². The molecule has 0 saturated carbocycles. The number of allylic oxidation sites excluding steroid dienone is 1. The quantitative estimate of drug-likeness (QED) is 0.255. The average Bonchev–Trinajstić information content (AvgIpc) is 2.73. The first kappa shape index (κ1) is 23.5. The number of hydrogen-bond donors (Lipinski definition) is 1. The van der Waals surface area contributed by atoms with Gasteiger partial charge < -0.3 is 9.84 Å². The predicted molar refractivity (Wildman–Crippen MR) is 123 cm³/mol. The number of benzene rings is 2. The molecule has 2 aromatic carbocycles. The Hall–Kier alpha value is -2.81. The number of rotatable bonds is 12. The Kier molecular flexibility index (Phi) is 9.40. The van der Waals surface area contributed by atoms with Crippen molar-refractivity contribution < 1.29 is 14.6 Å². The molecule has 0 radical (unpaired) electrons. The highest BCUT2D eigenvalue weighted by Gasteiger charge is 2.30. The Bertz CT molecular complexity index is 780. The molecular formula is C27H34O3. The van der Waals surface area contributed by atoms with Gasteiger partial charge in [-0.1, -0.05) is 87.2 Å². The van der Waals surface area contributed by atoms with E-state index in [1.165, 1.54) is 11.1 Å². The van der Waals surface area contributed by atoms with Crippen LogP contribution >= 0.6 is 0 Å². The van der Waals surface area contributed by atoms with Gasteiger partial charge in [0, 0.05) is 5.92 Å². The zero-order chi connectivity index (χ0) is 21.9. The van der Waals surface area contributed by atoms with Crippen molar-refractivity contribution in [3.63, 3.8) is 0 Å². The van der Waals surface area contributed by atoms with Gasteiger partial charge in [0.2, 0.25) is 0 Å². The molecule has 2 rings (SSSR count). The molecule has 2 aromatic rings. The summed E-state index contributed by atoms with van der Waals surface area (Å²) in [5, 5.41) is 9.73. The summed E-state index contributed by atoms with van der Waals surface area (Å²) < 4.78 is 6.01. The van der Waals surface area contributed by atoms with E-state index in [1.807, 2.05) is 12.1 Å². The van der Waals surface area contributed by atoms with Gasteiger partial charge in [0.15, 0.2) is 0 Å². The minimum Gasteiger partial charge on any atom is -0.493 e. The molecule has 3 heteroatoms. The SMILES string of the molecule is C=CCO/C(=C(\C)C(=O)O)C(CC(C)C)C(Cc1ccccc1)Cc1ccccc1. The monoisotopic (exact) mass is 406 g/mol. The van der Waals surface area contributed by atoms with Crippen molar-refractivity contribution >= 4 is 5.97 Å². The summed E-state index contributed by atoms with van der Waals surface area (Å²) in [4.78, 5) is 11.9. The lowest BCUT2D eigenvalue weighted by Gasteiger charge is -2.31. The van der Waals surface area contributed by atoms with Crippen molar-refractivity contribution in [2.75, 3.05) is 6.61 Å². The molecule has 0 aromatic heterocycles. The molecule has 160 valence electrons. The Morgan fingerprint density at radius 3 is 1.90 bits per heavy atom. The molecule has 3 nitrogen and oxygen atoms in total. The molecule has 0 amide bonds. The molecule has 0 spiro atoms. The fourth-order valence-corrected chi connectivity index (χ4v) is 3.96. The predicted octanol–water partition coefficient (Wildman–Crippen LogP) is 6.31. The molecule has 0 fully saturated rings. The minimum absolute atomic E-state index is 0.00135. The van der Waals surface area contributed by atoms with Crippen LogP contribution in [0.2, 0.25) is 0 Å². The van der Waals surface area contributed by atoms with Gasteiger partial charge in [0.1, 0.15) is 12.4 Å². The first-order valence-electron chi connectivity index (χ1n) is 10.7. The Morgan fingerprint density at radius 2 is 1.50 bits per heavy atom. The maximum Gasteiger partial charge on any atom is 0.334 e. The van der Waals surface area contributed by atoms with Crippen molar-refractivity contribution in [3.8, 4) is 0 Å². The molecule has 1 N–H and O–H groups in total. The second-order valence-electron chi connectivity index (χ2n) is 8.27. The van der Waals surface area contributed by atoms with E-state index in [0.717, 1.165) is 19.3 Å². The minimum atomic E-state index is -0.930. The van der Waals surface area contributed by atoms with Crippen LogP contribution in [0.4, 0.5) is 0 Å². The van der Waals surface area contributed by atoms with Crippen LogP contribution in [0.3, 0.4) is 0 Å². The average molecular weight is 407 g/mol. The summed E-state index contributed by atoms with van der Waals surface area (Å²) in [6, 6.07) is 20.8. The Balaban J connectivity index is 2.50. The Morgan fingerprint density at radius 1 is 1.00 bits per heavy atom. The summed E-state index contributed by atoms with van der Waals surface area (Å²) in [6.07, 6.45) is 4.26. The van der Waals surface area contributed by atoms with E-state index < -0.39 is 5.97 Å². The molecule has 0 aliphatic rings. The van der Waals surface area contributed by atoms with E-state index in [4.69, 9.17) is 4.74 Å². The first-order chi connectivity index (χ1) is 14.4. The first-order valence-corrected chi connectivity index (χ1v) is 10.7. The van der Waals surface area contributed by atoms with Crippen LogP contribution in [0.15, 0.2) is 84.7 Å². The van der Waals surface area contributed by atoms with E-state index in [2.05, 4.69) is 69.0 Å². The highest BCUT2D eigenvalue weighted by atomic mass is 16.5. The van der Waals surface area contributed by atoms with E-state index in [9.17, 15) is 9.90 Å². The van der Waals surface area contributed by atoms with E-state index in [-0.39, 0.29) is 17.4 Å². The molecule has 0 bridgehead atoms. The number of ether oxygens (including phenoxy) is 1. The lowest BCUT2D eigenvalue weighted by atomic mass is 9.76. The van der Waals surface area contributed by atoms with E-state index >= 15 is 0 Å². The van der Waals surface area contributed by atoms with Crippen molar-refractivity contribution in [2.45, 2.75) is 40.0 Å². The topological polar surface area (TPSA) is 46.5 Å².